The number of amides is 1. The fourth-order valence-electron chi connectivity index (χ4n) is 3.25. The number of benzene rings is 1. The molecular weight excluding hydrogens is 426 g/mol. The number of H-pyrrole nitrogens is 1. The topological polar surface area (TPSA) is 82.7 Å². The maximum atomic E-state index is 14.0. The van der Waals surface area contributed by atoms with Crippen LogP contribution in [0.3, 0.4) is 0 Å². The van der Waals surface area contributed by atoms with Gasteiger partial charge in [-0.2, -0.15) is 0 Å². The Morgan fingerprint density at radius 2 is 1.94 bits per heavy atom. The zero-order valence-electron chi connectivity index (χ0n) is 16.7. The van der Waals surface area contributed by atoms with Gasteiger partial charge in [-0.05, 0) is 42.0 Å². The fourth-order valence-corrected chi connectivity index (χ4v) is 3.25. The Morgan fingerprint density at radius 3 is 2.69 bits per heavy atom. The predicted molar refractivity (Wildman–Crippen MR) is 112 cm³/mol. The van der Waals surface area contributed by atoms with Crippen molar-refractivity contribution in [2.24, 2.45) is 0 Å². The Morgan fingerprint density at radius 1 is 1.12 bits per heavy atom. The summed E-state index contributed by atoms with van der Waals surface area (Å²) >= 11 is 0. The molecule has 0 spiro atoms. The number of nitrogens with zero attached hydrogens (tertiary/aromatic N) is 2. The maximum Gasteiger partial charge on any atom is 0.273 e. The highest BCUT2D eigenvalue weighted by Gasteiger charge is 2.28. The lowest BCUT2D eigenvalue weighted by Gasteiger charge is -2.14. The Hall–Kier alpha value is -3.95. The molecule has 10 heteroatoms. The van der Waals surface area contributed by atoms with Crippen LogP contribution in [0.25, 0.3) is 11.0 Å². The summed E-state index contributed by atoms with van der Waals surface area (Å²) < 4.78 is 54.6. The molecular formula is C22H17F4N5O. The molecule has 3 heterocycles. The number of alkyl halides is 2. The Labute approximate surface area is 179 Å². The van der Waals surface area contributed by atoms with E-state index in [2.05, 4.69) is 25.6 Å². The minimum Gasteiger partial charge on any atom is -0.365 e. The molecule has 1 aromatic carbocycles. The van der Waals surface area contributed by atoms with Crippen LogP contribution in [-0.4, -0.2) is 20.9 Å². The molecule has 0 atom stereocenters. The van der Waals surface area contributed by atoms with Crippen LogP contribution in [0.5, 0.6) is 0 Å². The quantitative estimate of drug-likeness (QED) is 0.357. The van der Waals surface area contributed by atoms with Crippen molar-refractivity contribution in [2.45, 2.75) is 19.4 Å². The van der Waals surface area contributed by atoms with Gasteiger partial charge in [0.05, 0.1) is 17.3 Å². The number of aromatic nitrogens is 3. The second-order valence-corrected chi connectivity index (χ2v) is 7.15. The number of nitrogens with one attached hydrogen (secondary N) is 3. The summed E-state index contributed by atoms with van der Waals surface area (Å²) in [5.41, 5.74) is 0.580. The average molecular weight is 443 g/mol. The first-order valence-corrected chi connectivity index (χ1v) is 9.52. The molecule has 0 saturated heterocycles. The van der Waals surface area contributed by atoms with Gasteiger partial charge in [-0.3, -0.25) is 4.79 Å². The van der Waals surface area contributed by atoms with Crippen molar-refractivity contribution >= 4 is 28.4 Å². The van der Waals surface area contributed by atoms with E-state index in [4.69, 9.17) is 0 Å². The molecule has 0 aliphatic rings. The average Bonchev–Trinajstić information content (AvgIpc) is 3.21. The molecule has 0 fully saturated rings. The number of hydrogen-bond acceptors (Lipinski definition) is 4. The normalized spacial score (nSPS) is 11.5. The molecule has 4 aromatic rings. The van der Waals surface area contributed by atoms with Crippen molar-refractivity contribution in [3.63, 3.8) is 0 Å². The fraction of sp³-hybridized carbons (Fsp3) is 0.136. The van der Waals surface area contributed by atoms with E-state index >= 15 is 0 Å². The van der Waals surface area contributed by atoms with Crippen LogP contribution in [0.2, 0.25) is 0 Å². The lowest BCUT2D eigenvalue weighted by Crippen LogP contribution is -2.17. The minimum atomic E-state index is -3.37. The van der Waals surface area contributed by atoms with E-state index in [1.807, 2.05) is 6.07 Å². The van der Waals surface area contributed by atoms with Crippen molar-refractivity contribution in [3.05, 3.63) is 83.3 Å². The van der Waals surface area contributed by atoms with Gasteiger partial charge in [0.25, 0.3) is 11.8 Å². The summed E-state index contributed by atoms with van der Waals surface area (Å²) in [5, 5.41) is 6.25. The van der Waals surface area contributed by atoms with E-state index in [-0.39, 0.29) is 23.6 Å². The van der Waals surface area contributed by atoms with Crippen LogP contribution < -0.4 is 10.6 Å². The molecule has 0 saturated carbocycles. The van der Waals surface area contributed by atoms with E-state index in [0.717, 1.165) is 41.4 Å². The van der Waals surface area contributed by atoms with E-state index in [9.17, 15) is 22.4 Å². The van der Waals surface area contributed by atoms with Crippen molar-refractivity contribution in [2.75, 3.05) is 10.6 Å². The van der Waals surface area contributed by atoms with E-state index < -0.39 is 29.0 Å². The Balaban J connectivity index is 1.56. The van der Waals surface area contributed by atoms with Crippen LogP contribution >= 0.6 is 0 Å². The summed E-state index contributed by atoms with van der Waals surface area (Å²) in [6.45, 7) is 0.842. The third-order valence-electron chi connectivity index (χ3n) is 4.80. The van der Waals surface area contributed by atoms with Crippen LogP contribution in [0.4, 0.5) is 29.1 Å². The number of anilines is 2. The molecule has 6 nitrogen and oxygen atoms in total. The predicted octanol–water partition coefficient (Wildman–Crippen LogP) is 5.21. The SMILES string of the molecule is CC(F)(F)c1ccc(NC(=O)c2cc(F)cnc2NCc2ccnc3[nH]ccc23)cc1F. The largest absolute Gasteiger partial charge is 0.365 e. The number of carbonyl (C=O) groups is 1. The lowest BCUT2D eigenvalue weighted by molar-refractivity contribution is 0.0138. The molecule has 3 N–H and O–H groups in total. The molecule has 3 aromatic heterocycles. The molecule has 0 bridgehead atoms. The third-order valence-corrected chi connectivity index (χ3v) is 4.80. The number of rotatable bonds is 6. The van der Waals surface area contributed by atoms with Gasteiger partial charge in [-0.1, -0.05) is 0 Å². The highest BCUT2D eigenvalue weighted by molar-refractivity contribution is 6.07. The molecule has 164 valence electrons. The van der Waals surface area contributed by atoms with E-state index in [1.165, 1.54) is 0 Å². The molecule has 0 aliphatic carbocycles. The number of aromatic amines is 1. The first kappa shape index (κ1) is 21.3. The van der Waals surface area contributed by atoms with Gasteiger partial charge in [0.15, 0.2) is 0 Å². The monoisotopic (exact) mass is 443 g/mol. The zero-order chi connectivity index (χ0) is 22.9. The Bertz CT molecular complexity index is 1300. The minimum absolute atomic E-state index is 0.0566. The maximum absolute atomic E-state index is 14.0. The summed E-state index contributed by atoms with van der Waals surface area (Å²) in [7, 11) is 0. The van der Waals surface area contributed by atoms with Gasteiger partial charge in [0, 0.05) is 36.9 Å². The van der Waals surface area contributed by atoms with Gasteiger partial charge in [-0.15, -0.1) is 0 Å². The van der Waals surface area contributed by atoms with Crippen LogP contribution in [0, 0.1) is 11.6 Å². The van der Waals surface area contributed by atoms with Crippen LogP contribution in [-0.2, 0) is 12.5 Å². The van der Waals surface area contributed by atoms with Crippen LogP contribution in [0.15, 0.2) is 55.0 Å². The molecule has 0 radical (unpaired) electrons. The van der Waals surface area contributed by atoms with Gasteiger partial charge in [0.2, 0.25) is 0 Å². The van der Waals surface area contributed by atoms with Gasteiger partial charge >= 0.3 is 0 Å². The van der Waals surface area contributed by atoms with Crippen molar-refractivity contribution in [3.8, 4) is 0 Å². The number of halogens is 4. The summed E-state index contributed by atoms with van der Waals surface area (Å²) in [6, 6.07) is 7.44. The molecule has 0 aliphatic heterocycles. The van der Waals surface area contributed by atoms with Gasteiger partial charge < -0.3 is 15.6 Å². The summed E-state index contributed by atoms with van der Waals surface area (Å²) in [6.07, 6.45) is 4.32. The lowest BCUT2D eigenvalue weighted by atomic mass is 10.1. The Kier molecular flexibility index (Phi) is 5.52. The second-order valence-electron chi connectivity index (χ2n) is 7.15. The third kappa shape index (κ3) is 4.39. The van der Waals surface area contributed by atoms with E-state index in [1.54, 1.807) is 18.5 Å². The van der Waals surface area contributed by atoms with Crippen molar-refractivity contribution < 1.29 is 22.4 Å². The van der Waals surface area contributed by atoms with E-state index in [0.29, 0.717) is 12.6 Å². The molecule has 1 amide bonds. The van der Waals surface area contributed by atoms with Crippen molar-refractivity contribution in [1.29, 1.82) is 0 Å². The molecule has 4 rings (SSSR count). The van der Waals surface area contributed by atoms with Gasteiger partial charge in [0.1, 0.15) is 23.1 Å². The smallest absolute Gasteiger partial charge is 0.273 e. The highest BCUT2D eigenvalue weighted by Crippen LogP contribution is 2.30. The number of hydrogen-bond donors (Lipinski definition) is 3. The zero-order valence-corrected chi connectivity index (χ0v) is 16.7. The first-order valence-electron chi connectivity index (χ1n) is 9.52. The number of pyridine rings is 2. The highest BCUT2D eigenvalue weighted by atomic mass is 19.3. The second kappa shape index (κ2) is 8.29. The van der Waals surface area contributed by atoms with Crippen molar-refractivity contribution in [1.82, 2.24) is 15.0 Å². The summed E-state index contributed by atoms with van der Waals surface area (Å²) in [4.78, 5) is 23.9. The summed E-state index contributed by atoms with van der Waals surface area (Å²) in [5.74, 6) is -5.96. The first-order chi connectivity index (χ1) is 15.2. The van der Waals surface area contributed by atoms with Gasteiger partial charge in [-0.25, -0.2) is 27.5 Å². The molecule has 0 unspecified atom stereocenters. The van der Waals surface area contributed by atoms with Crippen LogP contribution in [0.1, 0.15) is 28.4 Å². The standard InChI is InChI=1S/C22H17F4N5O/c1-22(25,26)17-3-2-14(9-18(17)24)31-21(32)16-8-13(23)11-30-20(16)29-10-12-4-6-27-19-15(12)5-7-28-19/h2-9,11H,10H2,1H3,(H,27,28)(H,29,30)(H,31,32). The number of carbonyl (C=O) groups excluding carboxylic acids is 1. The molecule has 32 heavy (non-hydrogen) atoms. The number of fused-ring (bicyclic) bond motifs is 1.